The molecule has 2 heterocycles. The van der Waals surface area contributed by atoms with Crippen molar-refractivity contribution in [3.05, 3.63) is 12.2 Å². The van der Waals surface area contributed by atoms with E-state index in [0.29, 0.717) is 12.5 Å². The number of aromatic nitrogens is 3. The van der Waals surface area contributed by atoms with Crippen LogP contribution in [0.4, 0.5) is 0 Å². The van der Waals surface area contributed by atoms with Gasteiger partial charge in [-0.1, -0.05) is 19.3 Å². The van der Waals surface area contributed by atoms with Gasteiger partial charge in [-0.05, 0) is 45.3 Å². The predicted octanol–water partition coefficient (Wildman–Crippen LogP) is 2.51. The van der Waals surface area contributed by atoms with Crippen molar-refractivity contribution < 1.29 is 9.53 Å². The highest BCUT2D eigenvalue weighted by Gasteiger charge is 2.23. The monoisotopic (exact) mass is 322 g/mol. The summed E-state index contributed by atoms with van der Waals surface area (Å²) < 4.78 is 6.99. The van der Waals surface area contributed by atoms with Gasteiger partial charge >= 0.3 is 5.97 Å². The molecule has 0 amide bonds. The first-order chi connectivity index (χ1) is 11.2. The summed E-state index contributed by atoms with van der Waals surface area (Å²) in [5.74, 6) is 1.53. The van der Waals surface area contributed by atoms with Crippen LogP contribution < -0.4 is 0 Å². The minimum Gasteiger partial charge on any atom is -0.466 e. The van der Waals surface area contributed by atoms with E-state index < -0.39 is 0 Å². The van der Waals surface area contributed by atoms with Crippen LogP contribution in [0.25, 0.3) is 0 Å². The number of hydrogen-bond donors (Lipinski definition) is 0. The largest absolute Gasteiger partial charge is 0.466 e. The standard InChI is InChI=1S/C17H30N4O2/c1-15(22)23-13-7-5-3-4-6-10-21-11-8-16(9-12-21)17-19-18-14-20(17)2/h14,16H,3-13H2,1-2H3. The molecule has 1 saturated heterocycles. The summed E-state index contributed by atoms with van der Waals surface area (Å²) in [5.41, 5.74) is 0. The van der Waals surface area contributed by atoms with E-state index in [0.717, 1.165) is 18.7 Å². The average molecular weight is 322 g/mol. The molecule has 130 valence electrons. The second kappa shape index (κ2) is 9.65. The third-order valence-corrected chi connectivity index (χ3v) is 4.62. The first-order valence-corrected chi connectivity index (χ1v) is 8.86. The topological polar surface area (TPSA) is 60.2 Å². The first-order valence-electron chi connectivity index (χ1n) is 8.86. The molecular formula is C17H30N4O2. The molecule has 0 unspecified atom stereocenters. The number of hydrogen-bond acceptors (Lipinski definition) is 5. The van der Waals surface area contributed by atoms with Crippen LogP contribution in [0.2, 0.25) is 0 Å². The van der Waals surface area contributed by atoms with E-state index in [2.05, 4.69) is 19.7 Å². The lowest BCUT2D eigenvalue weighted by molar-refractivity contribution is -0.141. The highest BCUT2D eigenvalue weighted by atomic mass is 16.5. The van der Waals surface area contributed by atoms with Crippen LogP contribution in [0.15, 0.2) is 6.33 Å². The number of ether oxygens (including phenoxy) is 1. The fourth-order valence-corrected chi connectivity index (χ4v) is 3.26. The number of carbonyl (C=O) groups is 1. The summed E-state index contributed by atoms with van der Waals surface area (Å²) in [6, 6.07) is 0. The fraction of sp³-hybridized carbons (Fsp3) is 0.824. The van der Waals surface area contributed by atoms with Crippen LogP contribution in [0.5, 0.6) is 0 Å². The van der Waals surface area contributed by atoms with E-state index in [4.69, 9.17) is 4.74 Å². The average Bonchev–Trinajstić information content (AvgIpc) is 2.96. The van der Waals surface area contributed by atoms with Crippen LogP contribution in [-0.4, -0.2) is 51.9 Å². The van der Waals surface area contributed by atoms with Gasteiger partial charge in [-0.25, -0.2) is 0 Å². The smallest absolute Gasteiger partial charge is 0.302 e. The molecule has 0 spiro atoms. The molecular weight excluding hydrogens is 292 g/mol. The molecule has 1 aliphatic heterocycles. The number of esters is 1. The van der Waals surface area contributed by atoms with E-state index in [1.54, 1.807) is 6.33 Å². The third kappa shape index (κ3) is 6.29. The van der Waals surface area contributed by atoms with Crippen LogP contribution in [0.1, 0.15) is 63.6 Å². The quantitative estimate of drug-likeness (QED) is 0.516. The zero-order valence-electron chi connectivity index (χ0n) is 14.5. The number of rotatable bonds is 9. The van der Waals surface area contributed by atoms with Crippen LogP contribution in [-0.2, 0) is 16.6 Å². The van der Waals surface area contributed by atoms with E-state index in [1.807, 2.05) is 7.05 Å². The molecule has 1 aromatic rings. The SMILES string of the molecule is CC(=O)OCCCCCCCN1CCC(c2nncn2C)CC1. The van der Waals surface area contributed by atoms with Gasteiger partial charge in [-0.2, -0.15) is 0 Å². The molecule has 6 heteroatoms. The van der Waals surface area contributed by atoms with Crippen molar-refractivity contribution in [2.75, 3.05) is 26.2 Å². The second-order valence-electron chi connectivity index (χ2n) is 6.52. The Kier molecular flexibility index (Phi) is 7.52. The number of piperidine rings is 1. The molecule has 23 heavy (non-hydrogen) atoms. The predicted molar refractivity (Wildman–Crippen MR) is 89.1 cm³/mol. The molecule has 0 N–H and O–H groups in total. The molecule has 0 aliphatic carbocycles. The van der Waals surface area contributed by atoms with Gasteiger partial charge in [-0.3, -0.25) is 4.79 Å². The van der Waals surface area contributed by atoms with Crippen molar-refractivity contribution in [2.45, 2.75) is 57.8 Å². The summed E-state index contributed by atoms with van der Waals surface area (Å²) in [7, 11) is 2.03. The van der Waals surface area contributed by atoms with Crippen LogP contribution in [0, 0.1) is 0 Å². The van der Waals surface area contributed by atoms with E-state index >= 15 is 0 Å². The molecule has 1 aliphatic rings. The van der Waals surface area contributed by atoms with E-state index in [9.17, 15) is 4.79 Å². The van der Waals surface area contributed by atoms with Crippen molar-refractivity contribution in [1.82, 2.24) is 19.7 Å². The molecule has 1 fully saturated rings. The maximum atomic E-state index is 10.6. The van der Waals surface area contributed by atoms with Gasteiger partial charge in [0.2, 0.25) is 0 Å². The first kappa shape index (κ1) is 17.9. The Balaban J connectivity index is 1.49. The Morgan fingerprint density at radius 3 is 2.57 bits per heavy atom. The Morgan fingerprint density at radius 1 is 1.22 bits per heavy atom. The van der Waals surface area contributed by atoms with Crippen LogP contribution >= 0.6 is 0 Å². The maximum absolute atomic E-state index is 10.6. The van der Waals surface area contributed by atoms with Gasteiger partial charge in [0.05, 0.1) is 6.61 Å². The van der Waals surface area contributed by atoms with Gasteiger partial charge in [-0.15, -0.1) is 10.2 Å². The zero-order chi connectivity index (χ0) is 16.5. The minimum absolute atomic E-state index is 0.172. The molecule has 0 bridgehead atoms. The van der Waals surface area contributed by atoms with Crippen molar-refractivity contribution in [3.63, 3.8) is 0 Å². The highest BCUT2D eigenvalue weighted by Crippen LogP contribution is 2.26. The summed E-state index contributed by atoms with van der Waals surface area (Å²) in [6.45, 7) is 5.59. The Hall–Kier alpha value is -1.43. The normalized spacial score (nSPS) is 16.6. The van der Waals surface area contributed by atoms with Gasteiger partial charge in [0, 0.05) is 19.9 Å². The van der Waals surface area contributed by atoms with Gasteiger partial charge in [0.25, 0.3) is 0 Å². The Labute approximate surface area is 139 Å². The molecule has 0 radical (unpaired) electrons. The van der Waals surface area contributed by atoms with Crippen molar-refractivity contribution in [3.8, 4) is 0 Å². The van der Waals surface area contributed by atoms with E-state index in [-0.39, 0.29) is 5.97 Å². The summed E-state index contributed by atoms with van der Waals surface area (Å²) in [4.78, 5) is 13.2. The Morgan fingerprint density at radius 2 is 1.91 bits per heavy atom. The lowest BCUT2D eigenvalue weighted by Gasteiger charge is -2.31. The van der Waals surface area contributed by atoms with Gasteiger partial charge in [0.1, 0.15) is 12.2 Å². The molecule has 6 nitrogen and oxygen atoms in total. The summed E-state index contributed by atoms with van der Waals surface area (Å²) in [6.07, 6.45) is 10.1. The van der Waals surface area contributed by atoms with E-state index in [1.165, 1.54) is 58.7 Å². The number of nitrogens with zero attached hydrogens (tertiary/aromatic N) is 4. The van der Waals surface area contributed by atoms with Crippen molar-refractivity contribution in [1.29, 1.82) is 0 Å². The lowest BCUT2D eigenvalue weighted by Crippen LogP contribution is -2.34. The fourth-order valence-electron chi connectivity index (χ4n) is 3.26. The number of aryl methyl sites for hydroxylation is 1. The highest BCUT2D eigenvalue weighted by molar-refractivity contribution is 5.65. The van der Waals surface area contributed by atoms with Gasteiger partial charge < -0.3 is 14.2 Å². The summed E-state index contributed by atoms with van der Waals surface area (Å²) in [5, 5.41) is 8.24. The van der Waals surface area contributed by atoms with Crippen molar-refractivity contribution >= 4 is 5.97 Å². The minimum atomic E-state index is -0.172. The number of unbranched alkanes of at least 4 members (excludes halogenated alkanes) is 4. The molecule has 0 aromatic carbocycles. The van der Waals surface area contributed by atoms with Crippen molar-refractivity contribution in [2.24, 2.45) is 7.05 Å². The summed E-state index contributed by atoms with van der Waals surface area (Å²) >= 11 is 0. The maximum Gasteiger partial charge on any atom is 0.302 e. The number of likely N-dealkylation sites (tertiary alicyclic amines) is 1. The molecule has 1 aromatic heterocycles. The third-order valence-electron chi connectivity index (χ3n) is 4.62. The second-order valence-corrected chi connectivity index (χ2v) is 6.52. The van der Waals surface area contributed by atoms with Crippen LogP contribution in [0.3, 0.4) is 0 Å². The number of carbonyl (C=O) groups excluding carboxylic acids is 1. The zero-order valence-corrected chi connectivity index (χ0v) is 14.5. The Bertz CT molecular complexity index is 467. The lowest BCUT2D eigenvalue weighted by atomic mass is 9.95. The molecule has 2 rings (SSSR count). The molecule has 0 atom stereocenters. The molecule has 0 saturated carbocycles. The van der Waals surface area contributed by atoms with Gasteiger partial charge in [0.15, 0.2) is 0 Å².